The second kappa shape index (κ2) is 7.76. The lowest BCUT2D eigenvalue weighted by Crippen LogP contribution is -2.30. The van der Waals surface area contributed by atoms with Gasteiger partial charge < -0.3 is 10.1 Å². The van der Waals surface area contributed by atoms with E-state index in [9.17, 15) is 9.59 Å². The lowest BCUT2D eigenvalue weighted by atomic mass is 10.1. The molecule has 0 unspecified atom stereocenters. The van der Waals surface area contributed by atoms with Gasteiger partial charge in [-0.05, 0) is 25.1 Å². The van der Waals surface area contributed by atoms with Crippen LogP contribution in [0.1, 0.15) is 27.0 Å². The maximum atomic E-state index is 11.9. The summed E-state index contributed by atoms with van der Waals surface area (Å²) in [6, 6.07) is 16.0. The van der Waals surface area contributed by atoms with Gasteiger partial charge >= 0.3 is 5.97 Å². The summed E-state index contributed by atoms with van der Waals surface area (Å²) in [4.78, 5) is 23.6. The van der Waals surface area contributed by atoms with Crippen molar-refractivity contribution in [2.75, 3.05) is 6.54 Å². The Hall–Kier alpha value is -3.13. The first-order chi connectivity index (χ1) is 11.1. The number of hydrogen-bond donors (Lipinski definition) is 1. The van der Waals surface area contributed by atoms with Crippen LogP contribution in [0.5, 0.6) is 0 Å². The number of nitriles is 1. The highest BCUT2D eigenvalue weighted by molar-refractivity contribution is 5.96. The lowest BCUT2D eigenvalue weighted by molar-refractivity contribution is -0.143. The second-order valence-electron chi connectivity index (χ2n) is 4.98. The number of hydrogen-bond acceptors (Lipinski definition) is 4. The molecular weight excluding hydrogens is 292 g/mol. The number of ether oxygens (including phenoxy) is 1. The second-order valence-corrected chi connectivity index (χ2v) is 4.98. The van der Waals surface area contributed by atoms with Gasteiger partial charge in [-0.2, -0.15) is 5.26 Å². The molecule has 0 aliphatic rings. The van der Waals surface area contributed by atoms with Gasteiger partial charge in [0.1, 0.15) is 13.2 Å². The molecule has 0 aliphatic carbocycles. The van der Waals surface area contributed by atoms with E-state index in [2.05, 4.69) is 5.32 Å². The van der Waals surface area contributed by atoms with Gasteiger partial charge in [0.2, 0.25) is 0 Å². The highest BCUT2D eigenvalue weighted by Gasteiger charge is 2.10. The molecule has 0 radical (unpaired) electrons. The molecule has 2 aromatic carbocycles. The van der Waals surface area contributed by atoms with Gasteiger partial charge in [-0.3, -0.25) is 9.59 Å². The van der Waals surface area contributed by atoms with Crippen molar-refractivity contribution in [3.05, 3.63) is 70.8 Å². The minimum Gasteiger partial charge on any atom is -0.459 e. The molecule has 0 aliphatic heterocycles. The average molecular weight is 308 g/mol. The van der Waals surface area contributed by atoms with Gasteiger partial charge in [-0.15, -0.1) is 0 Å². The number of nitrogens with zero attached hydrogens (tertiary/aromatic N) is 1. The molecule has 1 N–H and O–H groups in total. The Balaban J connectivity index is 1.84. The molecule has 2 aromatic rings. The summed E-state index contributed by atoms with van der Waals surface area (Å²) in [6.07, 6.45) is 0. The number of aryl methyl sites for hydroxylation is 1. The van der Waals surface area contributed by atoms with E-state index in [0.717, 1.165) is 5.56 Å². The number of carbonyl (C=O) groups is 2. The molecule has 23 heavy (non-hydrogen) atoms. The molecule has 0 saturated carbocycles. The van der Waals surface area contributed by atoms with E-state index in [1.807, 2.05) is 19.1 Å². The van der Waals surface area contributed by atoms with Gasteiger partial charge in [-0.1, -0.05) is 35.9 Å². The number of carbonyl (C=O) groups excluding carboxylic acids is 2. The Morgan fingerprint density at radius 3 is 2.70 bits per heavy atom. The van der Waals surface area contributed by atoms with Gasteiger partial charge in [0.05, 0.1) is 11.6 Å². The molecular formula is C18H16N2O3. The van der Waals surface area contributed by atoms with Crippen LogP contribution < -0.4 is 5.32 Å². The van der Waals surface area contributed by atoms with E-state index in [4.69, 9.17) is 10.00 Å². The molecule has 0 spiro atoms. The molecule has 5 nitrogen and oxygen atoms in total. The highest BCUT2D eigenvalue weighted by Crippen LogP contribution is 2.08. The largest absolute Gasteiger partial charge is 0.459 e. The summed E-state index contributed by atoms with van der Waals surface area (Å²) in [5, 5.41) is 11.5. The molecule has 0 fully saturated rings. The zero-order valence-electron chi connectivity index (χ0n) is 12.7. The van der Waals surface area contributed by atoms with E-state index in [-0.39, 0.29) is 19.1 Å². The highest BCUT2D eigenvalue weighted by atomic mass is 16.5. The van der Waals surface area contributed by atoms with Gasteiger partial charge in [0, 0.05) is 11.1 Å². The Kier molecular flexibility index (Phi) is 5.48. The summed E-state index contributed by atoms with van der Waals surface area (Å²) >= 11 is 0. The molecule has 2 rings (SSSR count). The minimum atomic E-state index is -0.557. The zero-order valence-corrected chi connectivity index (χ0v) is 12.7. The van der Waals surface area contributed by atoms with Crippen LogP contribution in [0.2, 0.25) is 0 Å². The maximum absolute atomic E-state index is 11.9. The zero-order chi connectivity index (χ0) is 16.7. The van der Waals surface area contributed by atoms with Crippen molar-refractivity contribution < 1.29 is 14.3 Å². The van der Waals surface area contributed by atoms with E-state index in [0.29, 0.717) is 16.7 Å². The third-order valence-electron chi connectivity index (χ3n) is 3.20. The number of rotatable bonds is 5. The van der Waals surface area contributed by atoms with Crippen LogP contribution in [0.25, 0.3) is 0 Å². The van der Waals surface area contributed by atoms with Crippen molar-refractivity contribution in [1.82, 2.24) is 5.32 Å². The summed E-state index contributed by atoms with van der Waals surface area (Å²) < 4.78 is 5.08. The summed E-state index contributed by atoms with van der Waals surface area (Å²) in [6.45, 7) is 1.67. The Morgan fingerprint density at radius 1 is 1.17 bits per heavy atom. The summed E-state index contributed by atoms with van der Waals surface area (Å²) in [5.41, 5.74) is 2.55. The van der Waals surface area contributed by atoms with Crippen molar-refractivity contribution in [2.24, 2.45) is 0 Å². The first kappa shape index (κ1) is 16.2. The van der Waals surface area contributed by atoms with E-state index in [1.54, 1.807) is 42.5 Å². The van der Waals surface area contributed by atoms with Crippen LogP contribution in [0.4, 0.5) is 0 Å². The molecule has 116 valence electrons. The smallest absolute Gasteiger partial charge is 0.325 e. The predicted molar refractivity (Wildman–Crippen MR) is 84.5 cm³/mol. The monoisotopic (exact) mass is 308 g/mol. The third-order valence-corrected chi connectivity index (χ3v) is 3.20. The maximum Gasteiger partial charge on any atom is 0.325 e. The normalized spacial score (nSPS) is 9.74. The van der Waals surface area contributed by atoms with Crippen LogP contribution in [0.3, 0.4) is 0 Å². The SMILES string of the molecule is Cc1cccc(C(=O)NCC(=O)OCc2ccccc2C#N)c1. The standard InChI is InChI=1S/C18H16N2O3/c1-13-5-4-8-14(9-13)18(22)20-11-17(21)23-12-16-7-3-2-6-15(16)10-19/h2-9H,11-12H2,1H3,(H,20,22). The number of nitrogens with one attached hydrogen (secondary N) is 1. The van der Waals surface area contributed by atoms with E-state index < -0.39 is 5.97 Å². The average Bonchev–Trinajstić information content (AvgIpc) is 2.58. The van der Waals surface area contributed by atoms with Crippen molar-refractivity contribution in [2.45, 2.75) is 13.5 Å². The molecule has 1 amide bonds. The number of amides is 1. The Bertz CT molecular complexity index is 763. The third kappa shape index (κ3) is 4.68. The topological polar surface area (TPSA) is 79.2 Å². The number of benzene rings is 2. The van der Waals surface area contributed by atoms with Gasteiger partial charge in [0.15, 0.2) is 0 Å². The van der Waals surface area contributed by atoms with Crippen LogP contribution in [-0.4, -0.2) is 18.4 Å². The van der Waals surface area contributed by atoms with Crippen molar-refractivity contribution in [3.63, 3.8) is 0 Å². The minimum absolute atomic E-state index is 0.00286. The van der Waals surface area contributed by atoms with Crippen molar-refractivity contribution in [1.29, 1.82) is 5.26 Å². The molecule has 5 heteroatoms. The van der Waals surface area contributed by atoms with Gasteiger partial charge in [0.25, 0.3) is 5.91 Å². The van der Waals surface area contributed by atoms with Crippen LogP contribution in [0, 0.1) is 18.3 Å². The fraction of sp³-hybridized carbons (Fsp3) is 0.167. The fourth-order valence-corrected chi connectivity index (χ4v) is 2.01. The Morgan fingerprint density at radius 2 is 1.96 bits per heavy atom. The predicted octanol–water partition coefficient (Wildman–Crippen LogP) is 2.34. The van der Waals surface area contributed by atoms with Crippen LogP contribution >= 0.6 is 0 Å². The molecule has 0 atom stereocenters. The Labute approximate surface area is 134 Å². The first-order valence-electron chi connectivity index (χ1n) is 7.08. The fourth-order valence-electron chi connectivity index (χ4n) is 2.01. The van der Waals surface area contributed by atoms with Crippen molar-refractivity contribution >= 4 is 11.9 Å². The quantitative estimate of drug-likeness (QED) is 0.860. The molecule has 0 aromatic heterocycles. The molecule has 0 heterocycles. The van der Waals surface area contributed by atoms with Crippen LogP contribution in [-0.2, 0) is 16.1 Å². The molecule has 0 bridgehead atoms. The van der Waals surface area contributed by atoms with Gasteiger partial charge in [-0.25, -0.2) is 0 Å². The molecule has 0 saturated heterocycles. The summed E-state index contributed by atoms with van der Waals surface area (Å²) in [7, 11) is 0. The van der Waals surface area contributed by atoms with Crippen molar-refractivity contribution in [3.8, 4) is 6.07 Å². The van der Waals surface area contributed by atoms with E-state index in [1.165, 1.54) is 0 Å². The van der Waals surface area contributed by atoms with E-state index >= 15 is 0 Å². The lowest BCUT2D eigenvalue weighted by Gasteiger charge is -2.08. The summed E-state index contributed by atoms with van der Waals surface area (Å²) in [5.74, 6) is -0.887. The number of esters is 1. The van der Waals surface area contributed by atoms with Crippen LogP contribution in [0.15, 0.2) is 48.5 Å². The first-order valence-corrected chi connectivity index (χ1v) is 7.08.